The molecule has 0 aliphatic heterocycles. The minimum atomic E-state index is -0.702. The normalized spacial score (nSPS) is 11.1. The van der Waals surface area contributed by atoms with Crippen molar-refractivity contribution in [2.45, 2.75) is 0 Å². The fourth-order valence-electron chi connectivity index (χ4n) is 3.16. The highest BCUT2D eigenvalue weighted by atomic mass is 35.5. The number of anilines is 3. The standard InChI is InChI=1S/C24H23Cl2F2N7O/c1-35(2)8-7-30-22-9-14(27)3-4-16(22)17-11-19(25)18(12-21(17)28)24(36)33-15-10-20(26)23(31-13-15)34-32-6-5-29/h3-6,9-13,29-30H,7-8H2,1-2H3,(H,31,34)(H,33,36)/b29-5?,32-6-. The molecule has 3 aromatic rings. The van der Waals surface area contributed by atoms with Gasteiger partial charge in [0.2, 0.25) is 0 Å². The fourth-order valence-corrected chi connectivity index (χ4v) is 3.62. The van der Waals surface area contributed by atoms with Crippen molar-refractivity contribution in [1.82, 2.24) is 9.88 Å². The van der Waals surface area contributed by atoms with Crippen LogP contribution in [0.4, 0.5) is 26.0 Å². The number of hydrogen-bond acceptors (Lipinski definition) is 7. The lowest BCUT2D eigenvalue weighted by Gasteiger charge is -2.16. The highest BCUT2D eigenvalue weighted by Gasteiger charge is 2.19. The zero-order valence-electron chi connectivity index (χ0n) is 19.4. The third-order valence-corrected chi connectivity index (χ3v) is 5.47. The zero-order chi connectivity index (χ0) is 26.2. The zero-order valence-corrected chi connectivity index (χ0v) is 20.9. The molecule has 3 rings (SSSR count). The molecule has 1 aromatic heterocycles. The van der Waals surface area contributed by atoms with E-state index in [0.29, 0.717) is 24.3 Å². The van der Waals surface area contributed by atoms with E-state index >= 15 is 4.39 Å². The number of nitrogens with zero attached hydrogens (tertiary/aromatic N) is 3. The van der Waals surface area contributed by atoms with Gasteiger partial charge in [-0.3, -0.25) is 10.2 Å². The van der Waals surface area contributed by atoms with E-state index in [1.165, 1.54) is 42.7 Å². The number of benzene rings is 2. The Morgan fingerprint density at radius 3 is 2.61 bits per heavy atom. The second-order valence-corrected chi connectivity index (χ2v) is 8.61. The molecule has 1 amide bonds. The Morgan fingerprint density at radius 1 is 1.14 bits per heavy atom. The van der Waals surface area contributed by atoms with E-state index in [1.807, 2.05) is 19.0 Å². The summed E-state index contributed by atoms with van der Waals surface area (Å²) in [6.45, 7) is 1.20. The number of aromatic nitrogens is 1. The molecule has 8 nitrogen and oxygen atoms in total. The summed E-state index contributed by atoms with van der Waals surface area (Å²) in [5, 5.41) is 16.5. The Kier molecular flexibility index (Phi) is 9.29. The van der Waals surface area contributed by atoms with Crippen molar-refractivity contribution < 1.29 is 13.6 Å². The Morgan fingerprint density at radius 2 is 1.92 bits per heavy atom. The summed E-state index contributed by atoms with van der Waals surface area (Å²) in [6, 6.07) is 7.75. The van der Waals surface area contributed by atoms with Crippen molar-refractivity contribution in [2.75, 3.05) is 43.2 Å². The topological polar surface area (TPSA) is 106 Å². The van der Waals surface area contributed by atoms with E-state index in [4.69, 9.17) is 28.6 Å². The van der Waals surface area contributed by atoms with E-state index in [2.05, 4.69) is 26.1 Å². The number of amides is 1. The second-order valence-electron chi connectivity index (χ2n) is 7.80. The molecular weight excluding hydrogens is 511 g/mol. The number of carbonyl (C=O) groups is 1. The fraction of sp³-hybridized carbons (Fsp3) is 0.167. The molecule has 0 spiro atoms. The van der Waals surface area contributed by atoms with Crippen LogP contribution in [0, 0.1) is 17.0 Å². The molecule has 0 saturated carbocycles. The van der Waals surface area contributed by atoms with E-state index in [1.54, 1.807) is 0 Å². The smallest absolute Gasteiger partial charge is 0.257 e. The predicted molar refractivity (Wildman–Crippen MR) is 142 cm³/mol. The third-order valence-electron chi connectivity index (χ3n) is 4.87. The number of halogens is 4. The maximum Gasteiger partial charge on any atom is 0.257 e. The maximum absolute atomic E-state index is 15.2. The van der Waals surface area contributed by atoms with Crippen LogP contribution in [0.3, 0.4) is 0 Å². The van der Waals surface area contributed by atoms with Crippen LogP contribution in [-0.2, 0) is 0 Å². The van der Waals surface area contributed by atoms with Crippen molar-refractivity contribution in [1.29, 1.82) is 5.41 Å². The molecule has 0 atom stereocenters. The molecule has 0 aliphatic carbocycles. The Labute approximate surface area is 216 Å². The minimum absolute atomic E-state index is 0.00536. The summed E-state index contributed by atoms with van der Waals surface area (Å²) in [6.07, 6.45) is 3.50. The average Bonchev–Trinajstić information content (AvgIpc) is 2.82. The number of hydrazone groups is 1. The number of hydrogen-bond donors (Lipinski definition) is 4. The minimum Gasteiger partial charge on any atom is -0.383 e. The summed E-state index contributed by atoms with van der Waals surface area (Å²) in [5.74, 6) is -1.63. The van der Waals surface area contributed by atoms with Gasteiger partial charge in [-0.25, -0.2) is 13.8 Å². The Balaban J connectivity index is 1.83. The SMILES string of the molecule is CN(C)CCNc1cc(F)ccc1-c1cc(Cl)c(C(=O)Nc2cnc(N/N=C\C=N)c(Cl)c2)cc1F. The van der Waals surface area contributed by atoms with Gasteiger partial charge in [-0.1, -0.05) is 23.2 Å². The van der Waals surface area contributed by atoms with Crippen LogP contribution >= 0.6 is 23.2 Å². The molecule has 0 radical (unpaired) electrons. The highest BCUT2D eigenvalue weighted by molar-refractivity contribution is 6.35. The predicted octanol–water partition coefficient (Wildman–Crippen LogP) is 5.61. The first-order valence-corrected chi connectivity index (χ1v) is 11.4. The molecular formula is C24H23Cl2F2N7O. The van der Waals surface area contributed by atoms with Gasteiger partial charge in [0, 0.05) is 36.1 Å². The maximum atomic E-state index is 15.2. The van der Waals surface area contributed by atoms with E-state index < -0.39 is 17.5 Å². The lowest BCUT2D eigenvalue weighted by molar-refractivity contribution is 0.102. The molecule has 0 fully saturated rings. The van der Waals surface area contributed by atoms with Gasteiger partial charge in [0.25, 0.3) is 5.91 Å². The molecule has 2 aromatic carbocycles. The van der Waals surface area contributed by atoms with Gasteiger partial charge in [-0.05, 0) is 50.5 Å². The first kappa shape index (κ1) is 27.0. The molecule has 0 bridgehead atoms. The van der Waals surface area contributed by atoms with Gasteiger partial charge >= 0.3 is 0 Å². The number of nitrogens with one attached hydrogen (secondary N) is 4. The van der Waals surface area contributed by atoms with E-state index in [9.17, 15) is 9.18 Å². The van der Waals surface area contributed by atoms with Crippen LogP contribution < -0.4 is 16.1 Å². The average molecular weight is 534 g/mol. The summed E-state index contributed by atoms with van der Waals surface area (Å²) >= 11 is 12.5. The van der Waals surface area contributed by atoms with Crippen LogP contribution in [0.5, 0.6) is 0 Å². The molecule has 0 aliphatic rings. The number of carbonyl (C=O) groups excluding carboxylic acids is 1. The number of likely N-dealkylation sites (N-methyl/N-ethyl adjacent to an activating group) is 1. The van der Waals surface area contributed by atoms with Crippen molar-refractivity contribution in [3.05, 3.63) is 69.8 Å². The van der Waals surface area contributed by atoms with E-state index in [-0.39, 0.29) is 32.7 Å². The Bertz CT molecular complexity index is 1300. The van der Waals surface area contributed by atoms with Gasteiger partial charge in [0.1, 0.15) is 11.6 Å². The monoisotopic (exact) mass is 533 g/mol. The quantitative estimate of drug-likeness (QED) is 0.200. The molecule has 1 heterocycles. The first-order valence-electron chi connectivity index (χ1n) is 10.6. The van der Waals surface area contributed by atoms with Gasteiger partial charge in [-0.2, -0.15) is 5.10 Å². The Hall–Kier alpha value is -3.60. The number of rotatable bonds is 10. The van der Waals surface area contributed by atoms with Crippen LogP contribution in [-0.4, -0.2) is 55.4 Å². The van der Waals surface area contributed by atoms with Gasteiger partial charge in [0.05, 0.1) is 33.7 Å². The van der Waals surface area contributed by atoms with Crippen molar-refractivity contribution >= 4 is 58.7 Å². The van der Waals surface area contributed by atoms with Crippen LogP contribution in [0.25, 0.3) is 11.1 Å². The van der Waals surface area contributed by atoms with Crippen molar-refractivity contribution in [2.24, 2.45) is 5.10 Å². The summed E-state index contributed by atoms with van der Waals surface area (Å²) in [4.78, 5) is 18.8. The lowest BCUT2D eigenvalue weighted by atomic mass is 10.0. The molecule has 36 heavy (non-hydrogen) atoms. The van der Waals surface area contributed by atoms with Gasteiger partial charge in [-0.15, -0.1) is 0 Å². The highest BCUT2D eigenvalue weighted by Crippen LogP contribution is 2.34. The molecule has 0 saturated heterocycles. The largest absolute Gasteiger partial charge is 0.383 e. The molecule has 4 N–H and O–H groups in total. The molecule has 12 heteroatoms. The van der Waals surface area contributed by atoms with Crippen LogP contribution in [0.2, 0.25) is 10.0 Å². The van der Waals surface area contributed by atoms with Crippen LogP contribution in [0.1, 0.15) is 10.4 Å². The summed E-state index contributed by atoms with van der Waals surface area (Å²) < 4.78 is 29.1. The second kappa shape index (κ2) is 12.4. The van der Waals surface area contributed by atoms with Crippen LogP contribution in [0.15, 0.2) is 47.7 Å². The lowest BCUT2D eigenvalue weighted by Crippen LogP contribution is -2.21. The van der Waals surface area contributed by atoms with Gasteiger partial charge in [0.15, 0.2) is 5.82 Å². The third kappa shape index (κ3) is 6.97. The number of pyridine rings is 1. The van der Waals surface area contributed by atoms with Gasteiger partial charge < -0.3 is 20.9 Å². The summed E-state index contributed by atoms with van der Waals surface area (Å²) in [5.41, 5.74) is 3.63. The first-order chi connectivity index (χ1) is 17.2. The van der Waals surface area contributed by atoms with Crippen molar-refractivity contribution in [3.8, 4) is 11.1 Å². The van der Waals surface area contributed by atoms with E-state index in [0.717, 1.165) is 12.3 Å². The molecule has 0 unspecified atom stereocenters. The molecule has 188 valence electrons. The van der Waals surface area contributed by atoms with Crippen molar-refractivity contribution in [3.63, 3.8) is 0 Å². The summed E-state index contributed by atoms with van der Waals surface area (Å²) in [7, 11) is 3.81.